The molecule has 0 amide bonds. The van der Waals surface area contributed by atoms with Crippen LogP contribution in [0.5, 0.6) is 0 Å². The summed E-state index contributed by atoms with van der Waals surface area (Å²) >= 11 is 0. The van der Waals surface area contributed by atoms with Crippen LogP contribution < -0.4 is 0 Å². The number of unbranched alkanes of at least 4 members (excludes halogenated alkanes) is 2. The number of rotatable bonds is 5. The minimum Gasteiger partial charge on any atom is -0.366 e. The molecule has 1 fully saturated rings. The van der Waals surface area contributed by atoms with Gasteiger partial charge in [-0.1, -0.05) is 40.0 Å². The highest BCUT2D eigenvalue weighted by Gasteiger charge is 2.52. The Bertz CT molecular complexity index is 142. The Hall–Kier alpha value is -0.0400. The van der Waals surface area contributed by atoms with Crippen LogP contribution in [0.15, 0.2) is 0 Å². The molecule has 0 aliphatic carbocycles. The van der Waals surface area contributed by atoms with Gasteiger partial charge < -0.3 is 4.74 Å². The van der Waals surface area contributed by atoms with Crippen molar-refractivity contribution in [2.75, 3.05) is 0 Å². The third-order valence-electron chi connectivity index (χ3n) is 2.82. The Kier molecular flexibility index (Phi) is 3.16. The molecule has 0 N–H and O–H groups in total. The van der Waals surface area contributed by atoms with Gasteiger partial charge in [0.2, 0.25) is 0 Å². The fourth-order valence-corrected chi connectivity index (χ4v) is 2.02. The maximum absolute atomic E-state index is 5.71. The van der Waals surface area contributed by atoms with Crippen molar-refractivity contribution in [2.24, 2.45) is 5.92 Å². The quantitative estimate of drug-likeness (QED) is 0.455. The predicted molar refractivity (Wildman–Crippen MR) is 52.3 cm³/mol. The van der Waals surface area contributed by atoms with Crippen LogP contribution in [0.25, 0.3) is 0 Å². The largest absolute Gasteiger partial charge is 0.366 e. The predicted octanol–water partition coefficient (Wildman–Crippen LogP) is 3.38. The number of ether oxygens (including phenoxy) is 1. The molecule has 0 spiro atoms. The maximum Gasteiger partial charge on any atom is 0.0923 e. The molecule has 0 aromatic carbocycles. The molecule has 72 valence electrons. The molecule has 1 rings (SSSR count). The SMILES string of the molecule is CCCCCC1(C)OC1C(C)C. The first-order chi connectivity index (χ1) is 5.60. The maximum atomic E-state index is 5.71. The first-order valence-electron chi connectivity index (χ1n) is 5.28. The molecule has 1 aliphatic rings. The molecule has 1 heteroatoms. The van der Waals surface area contributed by atoms with E-state index in [4.69, 9.17) is 4.74 Å². The highest BCUT2D eigenvalue weighted by Crippen LogP contribution is 2.44. The molecular weight excluding hydrogens is 148 g/mol. The van der Waals surface area contributed by atoms with Gasteiger partial charge in [0.25, 0.3) is 0 Å². The van der Waals surface area contributed by atoms with Crippen molar-refractivity contribution >= 4 is 0 Å². The van der Waals surface area contributed by atoms with Crippen LogP contribution >= 0.6 is 0 Å². The van der Waals surface area contributed by atoms with Gasteiger partial charge in [-0.2, -0.15) is 0 Å². The lowest BCUT2D eigenvalue weighted by Crippen LogP contribution is -2.13. The molecule has 0 saturated carbocycles. The van der Waals surface area contributed by atoms with E-state index in [0.29, 0.717) is 12.0 Å². The fraction of sp³-hybridized carbons (Fsp3) is 1.00. The van der Waals surface area contributed by atoms with Crippen molar-refractivity contribution in [2.45, 2.75) is 65.1 Å². The zero-order valence-corrected chi connectivity index (χ0v) is 8.89. The van der Waals surface area contributed by atoms with Crippen LogP contribution in [0, 0.1) is 5.92 Å². The van der Waals surface area contributed by atoms with Gasteiger partial charge >= 0.3 is 0 Å². The van der Waals surface area contributed by atoms with E-state index in [1.54, 1.807) is 0 Å². The van der Waals surface area contributed by atoms with Crippen LogP contribution in [0.3, 0.4) is 0 Å². The van der Waals surface area contributed by atoms with E-state index < -0.39 is 0 Å². The van der Waals surface area contributed by atoms with E-state index in [9.17, 15) is 0 Å². The highest BCUT2D eigenvalue weighted by atomic mass is 16.6. The van der Waals surface area contributed by atoms with E-state index >= 15 is 0 Å². The summed E-state index contributed by atoms with van der Waals surface area (Å²) in [4.78, 5) is 0. The van der Waals surface area contributed by atoms with E-state index in [1.807, 2.05) is 0 Å². The van der Waals surface area contributed by atoms with Crippen molar-refractivity contribution < 1.29 is 4.74 Å². The Balaban J connectivity index is 2.17. The van der Waals surface area contributed by atoms with E-state index in [1.165, 1.54) is 25.7 Å². The van der Waals surface area contributed by atoms with Crippen molar-refractivity contribution in [1.29, 1.82) is 0 Å². The summed E-state index contributed by atoms with van der Waals surface area (Å²) < 4.78 is 5.71. The summed E-state index contributed by atoms with van der Waals surface area (Å²) in [5, 5.41) is 0. The lowest BCUT2D eigenvalue weighted by atomic mass is 9.94. The number of hydrogen-bond acceptors (Lipinski definition) is 1. The van der Waals surface area contributed by atoms with Crippen LogP contribution in [-0.2, 0) is 4.74 Å². The molecule has 1 nitrogen and oxygen atoms in total. The molecule has 0 aromatic rings. The molecule has 2 atom stereocenters. The first-order valence-corrected chi connectivity index (χ1v) is 5.28. The van der Waals surface area contributed by atoms with Crippen molar-refractivity contribution in [1.82, 2.24) is 0 Å². The molecule has 1 heterocycles. The van der Waals surface area contributed by atoms with E-state index in [-0.39, 0.29) is 5.60 Å². The summed E-state index contributed by atoms with van der Waals surface area (Å²) in [5.74, 6) is 0.691. The van der Waals surface area contributed by atoms with Gasteiger partial charge in [-0.3, -0.25) is 0 Å². The van der Waals surface area contributed by atoms with Gasteiger partial charge in [0, 0.05) is 0 Å². The minimum atomic E-state index is 0.239. The third-order valence-corrected chi connectivity index (χ3v) is 2.82. The molecule has 1 aliphatic heterocycles. The lowest BCUT2D eigenvalue weighted by molar-refractivity contribution is 0.280. The second-order valence-electron chi connectivity index (χ2n) is 4.55. The fourth-order valence-electron chi connectivity index (χ4n) is 2.02. The van der Waals surface area contributed by atoms with Crippen LogP contribution in [0.4, 0.5) is 0 Å². The average Bonchev–Trinajstić information content (AvgIpc) is 2.64. The van der Waals surface area contributed by atoms with Crippen molar-refractivity contribution in [3.05, 3.63) is 0 Å². The lowest BCUT2D eigenvalue weighted by Gasteiger charge is -2.06. The number of hydrogen-bond donors (Lipinski definition) is 0. The molecule has 1 saturated heterocycles. The summed E-state index contributed by atoms with van der Waals surface area (Å²) in [6.07, 6.45) is 5.78. The Labute approximate surface area is 76.5 Å². The third kappa shape index (κ3) is 2.22. The Morgan fingerprint density at radius 3 is 2.42 bits per heavy atom. The Morgan fingerprint density at radius 2 is 2.00 bits per heavy atom. The summed E-state index contributed by atoms with van der Waals surface area (Å²) in [6.45, 7) is 8.99. The summed E-state index contributed by atoms with van der Waals surface area (Å²) in [6, 6.07) is 0. The van der Waals surface area contributed by atoms with Crippen molar-refractivity contribution in [3.63, 3.8) is 0 Å². The molecule has 2 unspecified atom stereocenters. The zero-order chi connectivity index (χ0) is 9.19. The molecule has 0 radical (unpaired) electrons. The molecule has 12 heavy (non-hydrogen) atoms. The molecule has 0 aromatic heterocycles. The molecular formula is C11H22O. The zero-order valence-electron chi connectivity index (χ0n) is 8.89. The van der Waals surface area contributed by atoms with Crippen LogP contribution in [0.1, 0.15) is 53.4 Å². The molecule has 0 bridgehead atoms. The normalized spacial score (nSPS) is 34.2. The minimum absolute atomic E-state index is 0.239. The van der Waals surface area contributed by atoms with Crippen LogP contribution in [-0.4, -0.2) is 11.7 Å². The van der Waals surface area contributed by atoms with Gasteiger partial charge in [0.05, 0.1) is 11.7 Å². The number of epoxide rings is 1. The Morgan fingerprint density at radius 1 is 1.33 bits per heavy atom. The van der Waals surface area contributed by atoms with Gasteiger partial charge in [0.1, 0.15) is 0 Å². The smallest absolute Gasteiger partial charge is 0.0923 e. The topological polar surface area (TPSA) is 12.5 Å². The standard InChI is InChI=1S/C11H22O/c1-5-6-7-8-11(4)10(12-11)9(2)3/h9-10H,5-8H2,1-4H3. The summed E-state index contributed by atoms with van der Waals surface area (Å²) in [7, 11) is 0. The van der Waals surface area contributed by atoms with Gasteiger partial charge in [-0.15, -0.1) is 0 Å². The van der Waals surface area contributed by atoms with E-state index in [0.717, 1.165) is 0 Å². The highest BCUT2D eigenvalue weighted by molar-refractivity contribution is 5.00. The summed E-state index contributed by atoms with van der Waals surface area (Å²) in [5.41, 5.74) is 0.239. The van der Waals surface area contributed by atoms with Crippen LogP contribution in [0.2, 0.25) is 0 Å². The second kappa shape index (κ2) is 3.78. The monoisotopic (exact) mass is 170 g/mol. The van der Waals surface area contributed by atoms with Crippen molar-refractivity contribution in [3.8, 4) is 0 Å². The van der Waals surface area contributed by atoms with Gasteiger partial charge in [0.15, 0.2) is 0 Å². The van der Waals surface area contributed by atoms with E-state index in [2.05, 4.69) is 27.7 Å². The van der Waals surface area contributed by atoms with Gasteiger partial charge in [-0.25, -0.2) is 0 Å². The average molecular weight is 170 g/mol. The van der Waals surface area contributed by atoms with Gasteiger partial charge in [-0.05, 0) is 19.3 Å². The second-order valence-corrected chi connectivity index (χ2v) is 4.55. The first kappa shape index (κ1) is 10.0.